The number of nitrogens with one attached hydrogen (secondary N) is 1. The van der Waals surface area contributed by atoms with Gasteiger partial charge in [-0.2, -0.15) is 0 Å². The summed E-state index contributed by atoms with van der Waals surface area (Å²) >= 11 is 0. The van der Waals surface area contributed by atoms with E-state index in [0.29, 0.717) is 12.6 Å². The van der Waals surface area contributed by atoms with Crippen molar-refractivity contribution in [1.29, 1.82) is 0 Å². The summed E-state index contributed by atoms with van der Waals surface area (Å²) in [4.78, 5) is 5.75. The van der Waals surface area contributed by atoms with Crippen LogP contribution in [0.2, 0.25) is 0 Å². The maximum absolute atomic E-state index is 13.7. The molecular formula is C23H28ClFN2O2. The Kier molecular flexibility index (Phi) is 7.04. The van der Waals surface area contributed by atoms with Gasteiger partial charge in [0.2, 0.25) is 0 Å². The Morgan fingerprint density at radius 1 is 1.24 bits per heavy atom. The average Bonchev–Trinajstić information content (AvgIpc) is 3.12. The van der Waals surface area contributed by atoms with Gasteiger partial charge in [0, 0.05) is 35.2 Å². The average molecular weight is 419 g/mol. The molecule has 1 unspecified atom stereocenters. The van der Waals surface area contributed by atoms with Crippen molar-refractivity contribution >= 4 is 23.3 Å². The molecule has 0 amide bonds. The molecule has 1 aliphatic heterocycles. The summed E-state index contributed by atoms with van der Waals surface area (Å²) in [7, 11) is 1.71. The first kappa shape index (κ1) is 21.5. The Morgan fingerprint density at radius 2 is 2.10 bits per heavy atom. The van der Waals surface area contributed by atoms with E-state index in [9.17, 15) is 4.39 Å². The van der Waals surface area contributed by atoms with Gasteiger partial charge in [-0.15, -0.1) is 12.4 Å². The van der Waals surface area contributed by atoms with E-state index in [-0.39, 0.29) is 18.2 Å². The molecule has 3 aromatic rings. The molecule has 6 heteroatoms. The van der Waals surface area contributed by atoms with Gasteiger partial charge >= 0.3 is 0 Å². The number of halogens is 2. The second kappa shape index (κ2) is 9.51. The van der Waals surface area contributed by atoms with Crippen molar-refractivity contribution < 1.29 is 13.9 Å². The number of methoxy groups -OCH3 is 1. The van der Waals surface area contributed by atoms with Crippen LogP contribution in [0.4, 0.5) is 4.39 Å². The highest BCUT2D eigenvalue weighted by Crippen LogP contribution is 2.34. The lowest BCUT2D eigenvalue weighted by Crippen LogP contribution is -2.44. The summed E-state index contributed by atoms with van der Waals surface area (Å²) < 4.78 is 25.3. The SMILES string of the molecule is CCCN(CCc1c[nH]c2ccc(F)cc12)C1COc2cccc(OC)c2C1.Cl. The minimum absolute atomic E-state index is 0. The highest BCUT2D eigenvalue weighted by Gasteiger charge is 2.27. The van der Waals surface area contributed by atoms with Crippen LogP contribution < -0.4 is 9.47 Å². The van der Waals surface area contributed by atoms with Gasteiger partial charge in [0.05, 0.1) is 7.11 Å². The van der Waals surface area contributed by atoms with Gasteiger partial charge in [0.1, 0.15) is 23.9 Å². The fourth-order valence-corrected chi connectivity index (χ4v) is 4.17. The van der Waals surface area contributed by atoms with Crippen LogP contribution in [-0.4, -0.2) is 42.7 Å². The van der Waals surface area contributed by atoms with Gasteiger partial charge < -0.3 is 14.5 Å². The summed E-state index contributed by atoms with van der Waals surface area (Å²) in [5, 5.41) is 0.975. The zero-order chi connectivity index (χ0) is 19.5. The topological polar surface area (TPSA) is 37.5 Å². The van der Waals surface area contributed by atoms with Crippen molar-refractivity contribution in [1.82, 2.24) is 9.88 Å². The molecule has 4 rings (SSSR count). The lowest BCUT2D eigenvalue weighted by atomic mass is 9.99. The van der Waals surface area contributed by atoms with Gasteiger partial charge in [-0.3, -0.25) is 4.90 Å². The van der Waals surface area contributed by atoms with E-state index >= 15 is 0 Å². The van der Waals surface area contributed by atoms with E-state index in [4.69, 9.17) is 9.47 Å². The first-order valence-electron chi connectivity index (χ1n) is 9.97. The lowest BCUT2D eigenvalue weighted by Gasteiger charge is -2.35. The molecular weight excluding hydrogens is 391 g/mol. The van der Waals surface area contributed by atoms with Crippen LogP contribution in [0.25, 0.3) is 10.9 Å². The molecule has 156 valence electrons. The molecule has 29 heavy (non-hydrogen) atoms. The Balaban J connectivity index is 0.00000240. The third-order valence-corrected chi connectivity index (χ3v) is 5.61. The number of aromatic amines is 1. The summed E-state index contributed by atoms with van der Waals surface area (Å²) in [6, 6.07) is 11.2. The molecule has 1 aliphatic rings. The quantitative estimate of drug-likeness (QED) is 0.587. The van der Waals surface area contributed by atoms with E-state index < -0.39 is 0 Å². The van der Waals surface area contributed by atoms with E-state index in [1.807, 2.05) is 24.4 Å². The Bertz CT molecular complexity index is 945. The van der Waals surface area contributed by atoms with Gasteiger partial charge in [0.15, 0.2) is 0 Å². The predicted octanol–water partition coefficient (Wildman–Crippen LogP) is 5.00. The van der Waals surface area contributed by atoms with Gasteiger partial charge in [-0.05, 0) is 61.7 Å². The van der Waals surface area contributed by atoms with E-state index in [1.165, 1.54) is 6.07 Å². The third-order valence-electron chi connectivity index (χ3n) is 5.61. The molecule has 1 aromatic heterocycles. The fraction of sp³-hybridized carbons (Fsp3) is 0.391. The standard InChI is InChI=1S/C23H27FN2O2.ClH/c1-3-10-26(11-9-16-14-25-21-8-7-17(24)12-19(16)21)18-13-20-22(27-2)5-4-6-23(20)28-15-18;/h4-8,12,14,18,25H,3,9-11,13,15H2,1-2H3;1H. The molecule has 0 fully saturated rings. The number of benzene rings is 2. The van der Waals surface area contributed by atoms with Crippen molar-refractivity contribution in [2.24, 2.45) is 0 Å². The minimum atomic E-state index is -0.192. The number of aromatic nitrogens is 1. The van der Waals surface area contributed by atoms with E-state index in [0.717, 1.165) is 65.9 Å². The van der Waals surface area contributed by atoms with Gasteiger partial charge in [0.25, 0.3) is 0 Å². The Hall–Kier alpha value is -2.24. The second-order valence-electron chi connectivity index (χ2n) is 7.40. The van der Waals surface area contributed by atoms with Gasteiger partial charge in [-0.25, -0.2) is 4.39 Å². The number of hydrogen-bond acceptors (Lipinski definition) is 3. The first-order chi connectivity index (χ1) is 13.7. The number of ether oxygens (including phenoxy) is 2. The monoisotopic (exact) mass is 418 g/mol. The van der Waals surface area contributed by atoms with E-state index in [2.05, 4.69) is 16.8 Å². The molecule has 1 atom stereocenters. The molecule has 0 saturated heterocycles. The Labute approximate surface area is 177 Å². The third kappa shape index (κ3) is 4.51. The highest BCUT2D eigenvalue weighted by molar-refractivity contribution is 5.85. The molecule has 2 aromatic carbocycles. The molecule has 0 aliphatic carbocycles. The maximum atomic E-state index is 13.7. The first-order valence-corrected chi connectivity index (χ1v) is 9.97. The Morgan fingerprint density at radius 3 is 2.90 bits per heavy atom. The number of fused-ring (bicyclic) bond motifs is 2. The smallest absolute Gasteiger partial charge is 0.126 e. The number of hydrogen-bond donors (Lipinski definition) is 1. The predicted molar refractivity (Wildman–Crippen MR) is 117 cm³/mol. The van der Waals surface area contributed by atoms with Gasteiger partial charge in [-0.1, -0.05) is 13.0 Å². The van der Waals surface area contributed by atoms with Crippen molar-refractivity contribution in [2.45, 2.75) is 32.2 Å². The van der Waals surface area contributed by atoms with Crippen LogP contribution in [0.15, 0.2) is 42.6 Å². The van der Waals surface area contributed by atoms with Crippen LogP contribution in [0.3, 0.4) is 0 Å². The summed E-state index contributed by atoms with van der Waals surface area (Å²) in [5.74, 6) is 1.63. The van der Waals surface area contributed by atoms with Crippen molar-refractivity contribution in [3.8, 4) is 11.5 Å². The maximum Gasteiger partial charge on any atom is 0.126 e. The zero-order valence-corrected chi connectivity index (χ0v) is 17.7. The van der Waals surface area contributed by atoms with Crippen LogP contribution in [-0.2, 0) is 12.8 Å². The molecule has 2 heterocycles. The summed E-state index contributed by atoms with van der Waals surface area (Å²) in [5.41, 5.74) is 3.29. The minimum Gasteiger partial charge on any atom is -0.496 e. The molecule has 0 radical (unpaired) electrons. The second-order valence-corrected chi connectivity index (χ2v) is 7.40. The normalized spacial score (nSPS) is 15.7. The largest absolute Gasteiger partial charge is 0.496 e. The molecule has 0 bridgehead atoms. The number of rotatable bonds is 7. The van der Waals surface area contributed by atoms with Crippen molar-refractivity contribution in [3.63, 3.8) is 0 Å². The highest BCUT2D eigenvalue weighted by atomic mass is 35.5. The number of H-pyrrole nitrogens is 1. The van der Waals surface area contributed by atoms with Crippen LogP contribution in [0.1, 0.15) is 24.5 Å². The van der Waals surface area contributed by atoms with Crippen molar-refractivity contribution in [2.75, 3.05) is 26.8 Å². The lowest BCUT2D eigenvalue weighted by molar-refractivity contribution is 0.119. The van der Waals surface area contributed by atoms with Crippen LogP contribution in [0.5, 0.6) is 11.5 Å². The van der Waals surface area contributed by atoms with Crippen LogP contribution in [0, 0.1) is 5.82 Å². The van der Waals surface area contributed by atoms with Crippen LogP contribution >= 0.6 is 12.4 Å². The zero-order valence-electron chi connectivity index (χ0n) is 16.9. The molecule has 1 N–H and O–H groups in total. The molecule has 0 spiro atoms. The number of nitrogens with zero attached hydrogens (tertiary/aromatic N) is 1. The van der Waals surface area contributed by atoms with E-state index in [1.54, 1.807) is 19.2 Å². The summed E-state index contributed by atoms with van der Waals surface area (Å²) in [6.07, 6.45) is 4.88. The molecule has 0 saturated carbocycles. The van der Waals surface area contributed by atoms with Crippen molar-refractivity contribution in [3.05, 3.63) is 59.5 Å². The fourth-order valence-electron chi connectivity index (χ4n) is 4.17. The molecule has 4 nitrogen and oxygen atoms in total. The summed E-state index contributed by atoms with van der Waals surface area (Å²) in [6.45, 7) is 4.81.